The fraction of sp³-hybridized carbons (Fsp3) is 0.318. The fourth-order valence-electron chi connectivity index (χ4n) is 2.91. The van der Waals surface area contributed by atoms with Crippen molar-refractivity contribution in [2.24, 2.45) is 0 Å². The lowest BCUT2D eigenvalue weighted by molar-refractivity contribution is -0.115. The summed E-state index contributed by atoms with van der Waals surface area (Å²) in [7, 11) is 0. The molecule has 0 bridgehead atoms. The molecule has 0 spiro atoms. The number of hydrogen-bond acceptors (Lipinski definition) is 4. The number of hydrogen-bond donors (Lipinski definition) is 1. The van der Waals surface area contributed by atoms with E-state index in [2.05, 4.69) is 46.7 Å². The molecule has 0 aliphatic heterocycles. The molecule has 0 saturated carbocycles. The van der Waals surface area contributed by atoms with Crippen LogP contribution in [-0.4, -0.2) is 20.7 Å². The van der Waals surface area contributed by atoms with Crippen LogP contribution < -0.4 is 5.32 Å². The van der Waals surface area contributed by atoms with Crippen LogP contribution in [0.1, 0.15) is 35.0 Å². The van der Waals surface area contributed by atoms with Gasteiger partial charge in [-0.2, -0.15) is 0 Å². The van der Waals surface area contributed by atoms with Gasteiger partial charge in [-0.15, -0.1) is 10.2 Å². The van der Waals surface area contributed by atoms with E-state index in [0.717, 1.165) is 34.3 Å². The first kappa shape index (κ1) is 20.1. The lowest BCUT2D eigenvalue weighted by Crippen LogP contribution is -2.18. The van der Waals surface area contributed by atoms with Crippen LogP contribution in [0.5, 0.6) is 0 Å². The van der Waals surface area contributed by atoms with E-state index >= 15 is 0 Å². The standard InChI is InChI=1S/C22H26N4OS/c1-5-26-20(13-21(27)23-19-12-16(3)6-9-17(19)4)24-25-22(26)28-14-18-10-7-15(2)8-11-18/h6-12H,5,13-14H2,1-4H3,(H,23,27). The minimum atomic E-state index is -0.0779. The Kier molecular flexibility index (Phi) is 6.52. The van der Waals surface area contributed by atoms with E-state index in [1.54, 1.807) is 11.8 Å². The van der Waals surface area contributed by atoms with Gasteiger partial charge < -0.3 is 9.88 Å². The third-order valence-corrected chi connectivity index (χ3v) is 5.62. The molecule has 0 unspecified atom stereocenters. The highest BCUT2D eigenvalue weighted by Gasteiger charge is 2.15. The van der Waals surface area contributed by atoms with Crippen molar-refractivity contribution in [1.82, 2.24) is 14.8 Å². The average Bonchev–Trinajstić information content (AvgIpc) is 3.05. The number of carbonyl (C=O) groups is 1. The fourth-order valence-corrected chi connectivity index (χ4v) is 3.89. The lowest BCUT2D eigenvalue weighted by Gasteiger charge is -2.10. The Morgan fingerprint density at radius 2 is 1.75 bits per heavy atom. The van der Waals surface area contributed by atoms with Gasteiger partial charge in [-0.1, -0.05) is 53.7 Å². The number of aromatic nitrogens is 3. The molecule has 1 N–H and O–H groups in total. The molecule has 5 nitrogen and oxygen atoms in total. The Labute approximate surface area is 170 Å². The van der Waals surface area contributed by atoms with Crippen molar-refractivity contribution in [1.29, 1.82) is 0 Å². The monoisotopic (exact) mass is 394 g/mol. The van der Waals surface area contributed by atoms with E-state index in [4.69, 9.17) is 0 Å². The molecule has 1 amide bonds. The zero-order valence-corrected chi connectivity index (χ0v) is 17.6. The number of nitrogens with zero attached hydrogens (tertiary/aromatic N) is 3. The van der Waals surface area contributed by atoms with E-state index in [1.807, 2.05) is 43.5 Å². The van der Waals surface area contributed by atoms with Crippen LogP contribution in [0, 0.1) is 20.8 Å². The van der Waals surface area contributed by atoms with Crippen LogP contribution in [0.25, 0.3) is 0 Å². The second-order valence-corrected chi connectivity index (χ2v) is 7.90. The third kappa shape index (κ3) is 5.01. The smallest absolute Gasteiger partial charge is 0.232 e. The van der Waals surface area contributed by atoms with E-state index in [-0.39, 0.29) is 12.3 Å². The van der Waals surface area contributed by atoms with E-state index in [0.29, 0.717) is 5.82 Å². The zero-order chi connectivity index (χ0) is 20.1. The summed E-state index contributed by atoms with van der Waals surface area (Å²) in [4.78, 5) is 12.5. The van der Waals surface area contributed by atoms with Gasteiger partial charge in [0.1, 0.15) is 5.82 Å². The summed E-state index contributed by atoms with van der Waals surface area (Å²) >= 11 is 1.64. The summed E-state index contributed by atoms with van der Waals surface area (Å²) in [5.41, 5.74) is 5.51. The Morgan fingerprint density at radius 1 is 1.04 bits per heavy atom. The number of aryl methyl sites for hydroxylation is 3. The van der Waals surface area contributed by atoms with Gasteiger partial charge in [0.15, 0.2) is 5.16 Å². The number of nitrogens with one attached hydrogen (secondary N) is 1. The maximum absolute atomic E-state index is 12.5. The molecular weight excluding hydrogens is 368 g/mol. The summed E-state index contributed by atoms with van der Waals surface area (Å²) in [6.07, 6.45) is 0.208. The Balaban J connectivity index is 1.66. The number of benzene rings is 2. The van der Waals surface area contributed by atoms with E-state index in [1.165, 1.54) is 11.1 Å². The molecule has 0 aliphatic carbocycles. The second-order valence-electron chi connectivity index (χ2n) is 6.96. The molecule has 0 saturated heterocycles. The van der Waals surface area contributed by atoms with Crippen molar-refractivity contribution in [2.45, 2.75) is 51.6 Å². The SMILES string of the molecule is CCn1c(CC(=O)Nc2cc(C)ccc2C)nnc1SCc1ccc(C)cc1. The summed E-state index contributed by atoms with van der Waals surface area (Å²) in [6, 6.07) is 14.5. The predicted octanol–water partition coefficient (Wildman–Crippen LogP) is 4.70. The van der Waals surface area contributed by atoms with Gasteiger partial charge in [0, 0.05) is 18.0 Å². The third-order valence-electron chi connectivity index (χ3n) is 4.58. The molecule has 0 fully saturated rings. The summed E-state index contributed by atoms with van der Waals surface area (Å²) in [5.74, 6) is 1.44. The van der Waals surface area contributed by atoms with Crippen LogP contribution in [0.2, 0.25) is 0 Å². The van der Waals surface area contributed by atoms with Crippen molar-refractivity contribution in [3.05, 3.63) is 70.5 Å². The topological polar surface area (TPSA) is 59.8 Å². The molecule has 6 heteroatoms. The number of anilines is 1. The number of rotatable bonds is 7. The van der Waals surface area contributed by atoms with E-state index in [9.17, 15) is 4.79 Å². The number of carbonyl (C=O) groups excluding carboxylic acids is 1. The van der Waals surface area contributed by atoms with Crippen molar-refractivity contribution in [3.8, 4) is 0 Å². The molecule has 1 aromatic heterocycles. The number of amides is 1. The lowest BCUT2D eigenvalue weighted by atomic mass is 10.1. The predicted molar refractivity (Wildman–Crippen MR) is 115 cm³/mol. The summed E-state index contributed by atoms with van der Waals surface area (Å²) < 4.78 is 2.02. The van der Waals surface area contributed by atoms with Crippen molar-refractivity contribution < 1.29 is 4.79 Å². The van der Waals surface area contributed by atoms with Gasteiger partial charge in [-0.25, -0.2) is 0 Å². The first-order valence-corrected chi connectivity index (χ1v) is 10.4. The minimum Gasteiger partial charge on any atom is -0.325 e. The van der Waals surface area contributed by atoms with Crippen LogP contribution in [0.15, 0.2) is 47.6 Å². The first-order chi connectivity index (χ1) is 13.5. The molecule has 1 heterocycles. The highest BCUT2D eigenvalue weighted by atomic mass is 32.2. The average molecular weight is 395 g/mol. The zero-order valence-electron chi connectivity index (χ0n) is 16.8. The van der Waals surface area contributed by atoms with Gasteiger partial charge in [-0.3, -0.25) is 4.79 Å². The molecule has 3 rings (SSSR count). The Morgan fingerprint density at radius 3 is 2.46 bits per heavy atom. The molecule has 3 aromatic rings. The van der Waals surface area contributed by atoms with Crippen LogP contribution in [-0.2, 0) is 23.5 Å². The van der Waals surface area contributed by atoms with E-state index < -0.39 is 0 Å². The van der Waals surface area contributed by atoms with Gasteiger partial charge in [0.2, 0.25) is 5.91 Å². The normalized spacial score (nSPS) is 10.9. The summed E-state index contributed by atoms with van der Waals surface area (Å²) in [5, 5.41) is 12.4. The molecule has 28 heavy (non-hydrogen) atoms. The highest BCUT2D eigenvalue weighted by Crippen LogP contribution is 2.23. The Hall–Kier alpha value is -2.60. The van der Waals surface area contributed by atoms with Gasteiger partial charge >= 0.3 is 0 Å². The molecule has 146 valence electrons. The van der Waals surface area contributed by atoms with Crippen LogP contribution in [0.4, 0.5) is 5.69 Å². The quantitative estimate of drug-likeness (QED) is 0.590. The summed E-state index contributed by atoms with van der Waals surface area (Å²) in [6.45, 7) is 8.87. The minimum absolute atomic E-state index is 0.0779. The number of thioether (sulfide) groups is 1. The van der Waals surface area contributed by atoms with Crippen molar-refractivity contribution >= 4 is 23.4 Å². The molecule has 0 aliphatic rings. The largest absolute Gasteiger partial charge is 0.325 e. The molecule has 0 radical (unpaired) electrons. The maximum atomic E-state index is 12.5. The van der Waals surface area contributed by atoms with Gasteiger partial charge in [-0.05, 0) is 50.5 Å². The molecule has 0 atom stereocenters. The van der Waals surface area contributed by atoms with Gasteiger partial charge in [0.05, 0.1) is 6.42 Å². The molecular formula is C22H26N4OS. The van der Waals surface area contributed by atoms with Crippen molar-refractivity contribution in [3.63, 3.8) is 0 Å². The van der Waals surface area contributed by atoms with Crippen LogP contribution in [0.3, 0.4) is 0 Å². The highest BCUT2D eigenvalue weighted by molar-refractivity contribution is 7.98. The van der Waals surface area contributed by atoms with Gasteiger partial charge in [0.25, 0.3) is 0 Å². The first-order valence-electron chi connectivity index (χ1n) is 9.43. The Bertz CT molecular complexity index is 963. The maximum Gasteiger partial charge on any atom is 0.232 e. The van der Waals surface area contributed by atoms with Crippen molar-refractivity contribution in [2.75, 3.05) is 5.32 Å². The molecule has 2 aromatic carbocycles. The van der Waals surface area contributed by atoms with Crippen LogP contribution >= 0.6 is 11.8 Å². The second kappa shape index (κ2) is 9.06.